The summed E-state index contributed by atoms with van der Waals surface area (Å²) in [7, 11) is 5.96. The smallest absolute Gasteiger partial charge is 0.361 e. The fraction of sp³-hybridized carbons (Fsp3) is 0.750. The standard InChI is InChI=1S/C60H105NO8/c1-6-8-10-12-14-16-18-20-22-23-24-25-26-27-28-29-30-31-32-33-34-35-37-39-41-43-45-47-49-51-58(63)69-56(55-68-60(59(64)65)66-53-52-61(3,4)5)54-67-57(62)50-48-46-44-42-40-38-36-21-19-17-15-13-11-9-7-2/h8,10,14-17,20-22,24-25,36,56,60H,6-7,9,11-13,18-19,23,26-35,37-55H2,1-5H3/p+1/b10-8-,16-14-,17-15-,22-20-,25-24-,36-21-. The molecule has 0 aromatic rings. The Bertz CT molecular complexity index is 1360. The number of carbonyl (C=O) groups is 3. The Kier molecular flexibility index (Phi) is 48.7. The van der Waals surface area contributed by atoms with Crippen LogP contribution in [0.5, 0.6) is 0 Å². The normalized spacial score (nSPS) is 13.3. The Labute approximate surface area is 424 Å². The number of hydrogen-bond donors (Lipinski definition) is 1. The van der Waals surface area contributed by atoms with Gasteiger partial charge in [-0.3, -0.25) is 9.59 Å². The number of esters is 2. The topological polar surface area (TPSA) is 108 Å². The predicted octanol–water partition coefficient (Wildman–Crippen LogP) is 16.2. The highest BCUT2D eigenvalue weighted by molar-refractivity contribution is 5.71. The van der Waals surface area contributed by atoms with E-state index in [2.05, 4.69) is 86.8 Å². The summed E-state index contributed by atoms with van der Waals surface area (Å²) in [4.78, 5) is 37.3. The summed E-state index contributed by atoms with van der Waals surface area (Å²) in [5.41, 5.74) is 0. The summed E-state index contributed by atoms with van der Waals surface area (Å²) in [5, 5.41) is 9.69. The number of nitrogens with zero attached hydrogens (tertiary/aromatic N) is 1. The SMILES string of the molecule is CC/C=C\C/C=C\C/C=C\C/C=C\CCCCCCCCCCCCCCCCCCC(=O)OC(COC(=O)CCCCCCC/C=C\C/C=C\CCCCC)COC(OCC[N+](C)(C)C)C(=O)O. The Morgan fingerprint density at radius 2 is 0.826 bits per heavy atom. The Morgan fingerprint density at radius 1 is 0.449 bits per heavy atom. The van der Waals surface area contributed by atoms with Gasteiger partial charge in [0.1, 0.15) is 13.2 Å². The molecule has 0 fully saturated rings. The van der Waals surface area contributed by atoms with E-state index in [1.165, 1.54) is 116 Å². The van der Waals surface area contributed by atoms with E-state index in [9.17, 15) is 19.5 Å². The number of carbonyl (C=O) groups excluding carboxylic acids is 2. The number of likely N-dealkylation sites (N-methyl/N-ethyl adjacent to an activating group) is 1. The molecule has 0 heterocycles. The van der Waals surface area contributed by atoms with Gasteiger partial charge in [0.25, 0.3) is 6.29 Å². The van der Waals surface area contributed by atoms with Crippen molar-refractivity contribution < 1.29 is 42.9 Å². The molecule has 398 valence electrons. The van der Waals surface area contributed by atoms with Gasteiger partial charge < -0.3 is 28.5 Å². The number of hydrogen-bond acceptors (Lipinski definition) is 7. The molecule has 0 aromatic carbocycles. The lowest BCUT2D eigenvalue weighted by Gasteiger charge is -2.25. The van der Waals surface area contributed by atoms with Crippen LogP contribution in [-0.2, 0) is 33.3 Å². The molecular formula is C60H106NO8+. The molecule has 2 atom stereocenters. The number of carboxylic acid groups (broad SMARTS) is 1. The van der Waals surface area contributed by atoms with E-state index in [1.807, 2.05) is 21.1 Å². The van der Waals surface area contributed by atoms with E-state index < -0.39 is 24.3 Å². The highest BCUT2D eigenvalue weighted by Crippen LogP contribution is 2.16. The van der Waals surface area contributed by atoms with Gasteiger partial charge in [-0.25, -0.2) is 4.79 Å². The first-order valence-corrected chi connectivity index (χ1v) is 28.1. The maximum Gasteiger partial charge on any atom is 0.361 e. The molecule has 0 saturated carbocycles. The number of carboxylic acids is 1. The van der Waals surface area contributed by atoms with Crippen molar-refractivity contribution in [2.45, 2.75) is 245 Å². The summed E-state index contributed by atoms with van der Waals surface area (Å²) in [6.07, 6.45) is 62.6. The third-order valence-electron chi connectivity index (χ3n) is 11.9. The fourth-order valence-electron chi connectivity index (χ4n) is 7.62. The van der Waals surface area contributed by atoms with Crippen LogP contribution in [0.1, 0.15) is 232 Å². The fourth-order valence-corrected chi connectivity index (χ4v) is 7.62. The molecule has 0 aliphatic rings. The summed E-state index contributed by atoms with van der Waals surface area (Å²) in [6, 6.07) is 0. The van der Waals surface area contributed by atoms with Gasteiger partial charge >= 0.3 is 17.9 Å². The van der Waals surface area contributed by atoms with Gasteiger partial charge in [-0.1, -0.05) is 209 Å². The van der Waals surface area contributed by atoms with Crippen molar-refractivity contribution in [3.63, 3.8) is 0 Å². The molecule has 0 aliphatic heterocycles. The van der Waals surface area contributed by atoms with Crippen LogP contribution in [0.15, 0.2) is 72.9 Å². The minimum Gasteiger partial charge on any atom is -0.477 e. The highest BCUT2D eigenvalue weighted by atomic mass is 16.7. The molecular weight excluding hydrogens is 863 g/mol. The lowest BCUT2D eigenvalue weighted by molar-refractivity contribution is -0.870. The quantitative estimate of drug-likeness (QED) is 0.0211. The second kappa shape index (κ2) is 51.1. The molecule has 0 amide bonds. The van der Waals surface area contributed by atoms with E-state index in [1.54, 1.807) is 0 Å². The summed E-state index contributed by atoms with van der Waals surface area (Å²) in [5.74, 6) is -2.02. The van der Waals surface area contributed by atoms with Crippen LogP contribution in [0.3, 0.4) is 0 Å². The lowest BCUT2D eigenvalue weighted by atomic mass is 10.0. The largest absolute Gasteiger partial charge is 0.477 e. The third kappa shape index (κ3) is 52.4. The van der Waals surface area contributed by atoms with Crippen molar-refractivity contribution in [1.82, 2.24) is 0 Å². The van der Waals surface area contributed by atoms with Crippen LogP contribution < -0.4 is 0 Å². The van der Waals surface area contributed by atoms with Crippen molar-refractivity contribution in [2.24, 2.45) is 0 Å². The molecule has 9 nitrogen and oxygen atoms in total. The molecule has 0 saturated heterocycles. The van der Waals surface area contributed by atoms with Crippen molar-refractivity contribution in [2.75, 3.05) is 47.5 Å². The van der Waals surface area contributed by atoms with Gasteiger partial charge in [-0.15, -0.1) is 0 Å². The molecule has 0 rings (SSSR count). The first-order valence-electron chi connectivity index (χ1n) is 28.1. The molecule has 0 radical (unpaired) electrons. The summed E-state index contributed by atoms with van der Waals surface area (Å²) in [6.45, 7) is 4.73. The molecule has 0 aromatic heterocycles. The molecule has 0 bridgehead atoms. The van der Waals surface area contributed by atoms with Crippen LogP contribution >= 0.6 is 0 Å². The number of quaternary nitrogens is 1. The van der Waals surface area contributed by atoms with Crippen molar-refractivity contribution in [1.29, 1.82) is 0 Å². The van der Waals surface area contributed by atoms with Crippen LogP contribution in [0, 0.1) is 0 Å². The van der Waals surface area contributed by atoms with Crippen LogP contribution in [-0.4, -0.2) is 87.4 Å². The average Bonchev–Trinajstić information content (AvgIpc) is 3.31. The number of aliphatic carboxylic acids is 1. The minimum absolute atomic E-state index is 0.184. The Balaban J connectivity index is 4.20. The van der Waals surface area contributed by atoms with Gasteiger partial charge in [0, 0.05) is 12.8 Å². The Morgan fingerprint density at radius 3 is 1.23 bits per heavy atom. The van der Waals surface area contributed by atoms with Gasteiger partial charge in [0.2, 0.25) is 0 Å². The third-order valence-corrected chi connectivity index (χ3v) is 11.9. The van der Waals surface area contributed by atoms with Gasteiger partial charge in [0.15, 0.2) is 6.10 Å². The summed E-state index contributed by atoms with van der Waals surface area (Å²) >= 11 is 0. The first kappa shape index (κ1) is 65.7. The highest BCUT2D eigenvalue weighted by Gasteiger charge is 2.25. The first-order chi connectivity index (χ1) is 33.6. The number of ether oxygens (including phenoxy) is 4. The lowest BCUT2D eigenvalue weighted by Crippen LogP contribution is -2.40. The van der Waals surface area contributed by atoms with E-state index in [0.717, 1.165) is 89.9 Å². The minimum atomic E-state index is -1.51. The maximum atomic E-state index is 12.9. The van der Waals surface area contributed by atoms with Crippen molar-refractivity contribution in [3.8, 4) is 0 Å². The summed E-state index contributed by atoms with van der Waals surface area (Å²) < 4.78 is 22.8. The number of allylic oxidation sites excluding steroid dienone is 12. The average molecular weight is 970 g/mol. The van der Waals surface area contributed by atoms with E-state index in [-0.39, 0.29) is 38.6 Å². The van der Waals surface area contributed by atoms with E-state index >= 15 is 0 Å². The maximum absolute atomic E-state index is 12.9. The van der Waals surface area contributed by atoms with Crippen molar-refractivity contribution in [3.05, 3.63) is 72.9 Å². The zero-order valence-corrected chi connectivity index (χ0v) is 45.2. The van der Waals surface area contributed by atoms with E-state index in [4.69, 9.17) is 18.9 Å². The van der Waals surface area contributed by atoms with Gasteiger partial charge in [0.05, 0.1) is 34.4 Å². The van der Waals surface area contributed by atoms with Crippen LogP contribution in [0.25, 0.3) is 0 Å². The van der Waals surface area contributed by atoms with Crippen molar-refractivity contribution >= 4 is 17.9 Å². The molecule has 1 N–H and O–H groups in total. The molecule has 0 spiro atoms. The Hall–Kier alpha value is -3.27. The predicted molar refractivity (Wildman–Crippen MR) is 290 cm³/mol. The molecule has 0 aliphatic carbocycles. The second-order valence-electron chi connectivity index (χ2n) is 19.9. The molecule has 69 heavy (non-hydrogen) atoms. The van der Waals surface area contributed by atoms with Crippen LogP contribution in [0.2, 0.25) is 0 Å². The van der Waals surface area contributed by atoms with Gasteiger partial charge in [-0.05, 0) is 83.5 Å². The monoisotopic (exact) mass is 969 g/mol. The molecule has 2 unspecified atom stereocenters. The number of unbranched alkanes of at least 4 members (excludes halogenated alkanes) is 24. The number of rotatable bonds is 51. The van der Waals surface area contributed by atoms with E-state index in [0.29, 0.717) is 11.0 Å². The van der Waals surface area contributed by atoms with Gasteiger partial charge in [-0.2, -0.15) is 0 Å². The van der Waals surface area contributed by atoms with Crippen LogP contribution in [0.4, 0.5) is 0 Å². The zero-order chi connectivity index (χ0) is 50.6. The second-order valence-corrected chi connectivity index (χ2v) is 19.9. The molecule has 9 heteroatoms. The zero-order valence-electron chi connectivity index (χ0n) is 45.2.